The molecule has 0 amide bonds. The molecule has 86 valence electrons. The van der Waals surface area contributed by atoms with Crippen LogP contribution in [0.25, 0.3) is 0 Å². The fraction of sp³-hybridized carbons (Fsp3) is 0.333. The molecule has 16 heavy (non-hydrogen) atoms. The molecule has 0 spiro atoms. The smallest absolute Gasteiger partial charge is 0.372 e. The Morgan fingerprint density at radius 2 is 2.00 bits per heavy atom. The van der Waals surface area contributed by atoms with Gasteiger partial charge in [-0.3, -0.25) is 4.79 Å². The van der Waals surface area contributed by atoms with Gasteiger partial charge in [0.1, 0.15) is 0 Å². The minimum absolute atomic E-state index is 0.00440. The van der Waals surface area contributed by atoms with Crippen molar-refractivity contribution in [3.05, 3.63) is 34.9 Å². The lowest BCUT2D eigenvalue weighted by molar-refractivity contribution is -0.149. The molecule has 3 nitrogen and oxygen atoms in total. The van der Waals surface area contributed by atoms with Crippen molar-refractivity contribution in [3.8, 4) is 0 Å². The lowest BCUT2D eigenvalue weighted by atomic mass is 9.91. The van der Waals surface area contributed by atoms with Gasteiger partial charge in [0.15, 0.2) is 0 Å². The normalized spacial score (nSPS) is 12.1. The van der Waals surface area contributed by atoms with E-state index in [0.29, 0.717) is 11.4 Å². The molecule has 1 aromatic carbocycles. The maximum absolute atomic E-state index is 11.2. The highest BCUT2D eigenvalue weighted by atomic mass is 35.5. The van der Waals surface area contributed by atoms with Crippen LogP contribution in [-0.2, 0) is 9.59 Å². The van der Waals surface area contributed by atoms with Gasteiger partial charge in [-0.2, -0.15) is 0 Å². The van der Waals surface area contributed by atoms with Crippen molar-refractivity contribution in [2.75, 3.05) is 0 Å². The lowest BCUT2D eigenvalue weighted by Crippen LogP contribution is -2.16. The van der Waals surface area contributed by atoms with Crippen LogP contribution in [0.3, 0.4) is 0 Å². The summed E-state index contributed by atoms with van der Waals surface area (Å²) in [6.45, 7) is 1.91. The molecule has 1 aromatic rings. The average molecular weight is 241 g/mol. The maximum atomic E-state index is 11.2. The zero-order chi connectivity index (χ0) is 12.1. The van der Waals surface area contributed by atoms with Crippen LogP contribution in [0.2, 0.25) is 5.02 Å². The van der Waals surface area contributed by atoms with Crippen LogP contribution in [0.1, 0.15) is 31.2 Å². The Morgan fingerprint density at radius 3 is 2.50 bits per heavy atom. The van der Waals surface area contributed by atoms with E-state index in [-0.39, 0.29) is 12.3 Å². The van der Waals surface area contributed by atoms with Gasteiger partial charge in [-0.1, -0.05) is 36.7 Å². The Kier molecular flexibility index (Phi) is 4.50. The Morgan fingerprint density at radius 1 is 1.38 bits per heavy atom. The SMILES string of the molecule is CCC(CC(=O)C(=O)O)c1ccccc1Cl. The van der Waals surface area contributed by atoms with E-state index in [0.717, 1.165) is 5.56 Å². The van der Waals surface area contributed by atoms with Crippen molar-refractivity contribution in [1.29, 1.82) is 0 Å². The molecular weight excluding hydrogens is 228 g/mol. The van der Waals surface area contributed by atoms with E-state index in [2.05, 4.69) is 0 Å². The van der Waals surface area contributed by atoms with Crippen LogP contribution >= 0.6 is 11.6 Å². The molecule has 0 saturated heterocycles. The Bertz CT molecular complexity index is 401. The summed E-state index contributed by atoms with van der Waals surface area (Å²) in [4.78, 5) is 21.6. The van der Waals surface area contributed by atoms with Crippen LogP contribution in [0.15, 0.2) is 24.3 Å². The molecule has 1 rings (SSSR count). The zero-order valence-electron chi connectivity index (χ0n) is 8.94. The average Bonchev–Trinajstić information content (AvgIpc) is 2.26. The van der Waals surface area contributed by atoms with Crippen LogP contribution in [0, 0.1) is 0 Å². The van der Waals surface area contributed by atoms with Gasteiger partial charge >= 0.3 is 5.97 Å². The van der Waals surface area contributed by atoms with E-state index in [1.165, 1.54) is 0 Å². The molecule has 1 N–H and O–H groups in total. The summed E-state index contributed by atoms with van der Waals surface area (Å²) < 4.78 is 0. The molecule has 4 heteroatoms. The number of hydrogen-bond acceptors (Lipinski definition) is 2. The van der Waals surface area contributed by atoms with Crippen molar-refractivity contribution in [1.82, 2.24) is 0 Å². The first-order valence-electron chi connectivity index (χ1n) is 5.06. The molecule has 0 aliphatic rings. The highest BCUT2D eigenvalue weighted by Gasteiger charge is 2.20. The van der Waals surface area contributed by atoms with E-state index in [1.54, 1.807) is 12.1 Å². The van der Waals surface area contributed by atoms with Gasteiger partial charge in [0.05, 0.1) is 0 Å². The van der Waals surface area contributed by atoms with E-state index < -0.39 is 11.8 Å². The molecule has 0 aliphatic carbocycles. The van der Waals surface area contributed by atoms with Crippen molar-refractivity contribution in [2.45, 2.75) is 25.7 Å². The second-order valence-electron chi connectivity index (χ2n) is 3.56. The summed E-state index contributed by atoms with van der Waals surface area (Å²) in [7, 11) is 0. The van der Waals surface area contributed by atoms with Gasteiger partial charge in [-0.25, -0.2) is 4.79 Å². The van der Waals surface area contributed by atoms with Gasteiger partial charge in [0.25, 0.3) is 0 Å². The second kappa shape index (κ2) is 5.66. The van der Waals surface area contributed by atoms with E-state index >= 15 is 0 Å². The number of aliphatic carboxylic acids is 1. The molecular formula is C12H13ClO3. The van der Waals surface area contributed by atoms with Crippen molar-refractivity contribution < 1.29 is 14.7 Å². The number of hydrogen-bond donors (Lipinski definition) is 1. The van der Waals surface area contributed by atoms with Crippen LogP contribution < -0.4 is 0 Å². The Balaban J connectivity index is 2.87. The Labute approximate surface area is 99.0 Å². The number of carbonyl (C=O) groups excluding carboxylic acids is 1. The van der Waals surface area contributed by atoms with Crippen molar-refractivity contribution >= 4 is 23.4 Å². The first kappa shape index (κ1) is 12.7. The number of carboxylic acid groups (broad SMARTS) is 1. The van der Waals surface area contributed by atoms with Crippen molar-refractivity contribution in [3.63, 3.8) is 0 Å². The fourth-order valence-electron chi connectivity index (χ4n) is 1.59. The number of rotatable bonds is 5. The molecule has 0 aliphatic heterocycles. The molecule has 0 fully saturated rings. The highest BCUT2D eigenvalue weighted by Crippen LogP contribution is 2.29. The lowest BCUT2D eigenvalue weighted by Gasteiger charge is -2.14. The monoisotopic (exact) mass is 240 g/mol. The van der Waals surface area contributed by atoms with E-state index in [1.807, 2.05) is 19.1 Å². The summed E-state index contributed by atoms with van der Waals surface area (Å²) in [6, 6.07) is 7.20. The standard InChI is InChI=1S/C12H13ClO3/c1-2-8(7-11(14)12(15)16)9-5-3-4-6-10(9)13/h3-6,8H,2,7H2,1H3,(H,15,16). The topological polar surface area (TPSA) is 54.4 Å². The third-order valence-corrected chi connectivity index (χ3v) is 2.85. The van der Waals surface area contributed by atoms with Gasteiger partial charge in [0.2, 0.25) is 5.78 Å². The molecule has 0 aromatic heterocycles. The second-order valence-corrected chi connectivity index (χ2v) is 3.97. The number of ketones is 1. The third kappa shape index (κ3) is 3.07. The summed E-state index contributed by atoms with van der Waals surface area (Å²) in [5.74, 6) is -2.28. The predicted molar refractivity (Wildman–Crippen MR) is 61.7 cm³/mol. The first-order valence-corrected chi connectivity index (χ1v) is 5.44. The van der Waals surface area contributed by atoms with Crippen molar-refractivity contribution in [2.24, 2.45) is 0 Å². The van der Waals surface area contributed by atoms with Gasteiger partial charge < -0.3 is 5.11 Å². The number of carboxylic acids is 1. The molecule has 0 radical (unpaired) electrons. The third-order valence-electron chi connectivity index (χ3n) is 2.51. The number of benzene rings is 1. The summed E-state index contributed by atoms with van der Waals surface area (Å²) in [5, 5.41) is 9.14. The number of halogens is 1. The van der Waals surface area contributed by atoms with E-state index in [4.69, 9.17) is 16.7 Å². The maximum Gasteiger partial charge on any atom is 0.372 e. The zero-order valence-corrected chi connectivity index (χ0v) is 9.70. The molecule has 0 heterocycles. The molecule has 1 atom stereocenters. The molecule has 1 unspecified atom stereocenters. The van der Waals surface area contributed by atoms with Crippen LogP contribution in [0.5, 0.6) is 0 Å². The molecule has 0 bridgehead atoms. The van der Waals surface area contributed by atoms with Gasteiger partial charge in [-0.15, -0.1) is 0 Å². The van der Waals surface area contributed by atoms with E-state index in [9.17, 15) is 9.59 Å². The summed E-state index contributed by atoms with van der Waals surface area (Å²) >= 11 is 6.00. The number of Topliss-reactive ketones (excluding diaryl/α,β-unsaturated/α-hetero) is 1. The summed E-state index contributed by atoms with van der Waals surface area (Å²) in [6.07, 6.45) is 0.679. The minimum Gasteiger partial charge on any atom is -0.476 e. The molecule has 0 saturated carbocycles. The predicted octanol–water partition coefficient (Wildman–Crippen LogP) is 2.88. The highest BCUT2D eigenvalue weighted by molar-refractivity contribution is 6.33. The van der Waals surface area contributed by atoms with Crippen LogP contribution in [-0.4, -0.2) is 16.9 Å². The van der Waals surface area contributed by atoms with Gasteiger partial charge in [-0.05, 0) is 24.0 Å². The van der Waals surface area contributed by atoms with Gasteiger partial charge in [0, 0.05) is 11.4 Å². The quantitative estimate of drug-likeness (QED) is 0.806. The first-order chi connectivity index (χ1) is 7.56. The number of carbonyl (C=O) groups is 2. The minimum atomic E-state index is -1.38. The van der Waals surface area contributed by atoms with Crippen LogP contribution in [0.4, 0.5) is 0 Å². The summed E-state index contributed by atoms with van der Waals surface area (Å²) in [5.41, 5.74) is 0.835. The fourth-order valence-corrected chi connectivity index (χ4v) is 1.88. The largest absolute Gasteiger partial charge is 0.476 e. The Hall–Kier alpha value is -1.35.